The quantitative estimate of drug-likeness (QED) is 0.798. The third-order valence-electron chi connectivity index (χ3n) is 3.12. The fourth-order valence-corrected chi connectivity index (χ4v) is 2.49. The fourth-order valence-electron chi connectivity index (χ4n) is 2.12. The van der Waals surface area contributed by atoms with Gasteiger partial charge < -0.3 is 9.64 Å². The molecule has 0 radical (unpaired) electrons. The lowest BCUT2D eigenvalue weighted by atomic mass is 10.1. The monoisotopic (exact) mass is 329 g/mol. The molecule has 4 nitrogen and oxygen atoms in total. The lowest BCUT2D eigenvalue weighted by Crippen LogP contribution is -2.26. The molecule has 1 unspecified atom stereocenters. The molecule has 0 bridgehead atoms. The molecule has 6 heteroatoms. The summed E-state index contributed by atoms with van der Waals surface area (Å²) in [6.45, 7) is 0.596. The summed E-state index contributed by atoms with van der Waals surface area (Å²) >= 11 is 3.32. The average Bonchev–Trinajstić information content (AvgIpc) is 2.74. The summed E-state index contributed by atoms with van der Waals surface area (Å²) < 4.78 is 18.6. The highest BCUT2D eigenvalue weighted by atomic mass is 79.9. The predicted molar refractivity (Wildman–Crippen MR) is 69.6 cm³/mol. The van der Waals surface area contributed by atoms with Crippen LogP contribution in [0, 0.1) is 11.7 Å². The molecule has 1 aromatic carbocycles. The van der Waals surface area contributed by atoms with Crippen LogP contribution in [0.2, 0.25) is 0 Å². The third-order valence-corrected chi connectivity index (χ3v) is 3.89. The molecule has 19 heavy (non-hydrogen) atoms. The first-order chi connectivity index (χ1) is 9.01. The average molecular weight is 330 g/mol. The number of carbonyl (C=O) groups is 2. The van der Waals surface area contributed by atoms with E-state index in [1.54, 1.807) is 11.0 Å². The number of hydrogen-bond acceptors (Lipinski definition) is 3. The van der Waals surface area contributed by atoms with Gasteiger partial charge in [0, 0.05) is 24.0 Å². The lowest BCUT2D eigenvalue weighted by molar-refractivity contribution is -0.145. The Morgan fingerprint density at radius 1 is 1.58 bits per heavy atom. The van der Waals surface area contributed by atoms with E-state index in [4.69, 9.17) is 0 Å². The molecule has 1 saturated heterocycles. The van der Waals surface area contributed by atoms with E-state index < -0.39 is 5.92 Å². The highest BCUT2D eigenvalue weighted by Gasteiger charge is 2.35. The summed E-state index contributed by atoms with van der Waals surface area (Å²) in [5, 5.41) is 0. The van der Waals surface area contributed by atoms with E-state index in [0.717, 1.165) is 4.47 Å². The Hall–Kier alpha value is -1.43. The standard InChI is InChI=1S/C13H13BrFNO3/c1-19-13(18)9-5-12(17)16(7-9)6-8-4-10(15)2-3-11(8)14/h2-4,9H,5-7H2,1H3. The van der Waals surface area contributed by atoms with Crippen molar-refractivity contribution >= 4 is 27.8 Å². The Labute approximate surface area is 118 Å². The minimum absolute atomic E-state index is 0.119. The lowest BCUT2D eigenvalue weighted by Gasteiger charge is -2.17. The number of nitrogens with zero attached hydrogens (tertiary/aromatic N) is 1. The van der Waals surface area contributed by atoms with Gasteiger partial charge in [-0.1, -0.05) is 15.9 Å². The highest BCUT2D eigenvalue weighted by Crippen LogP contribution is 2.25. The molecule has 2 rings (SSSR count). The minimum atomic E-state index is -0.426. The number of amides is 1. The third kappa shape index (κ3) is 3.12. The summed E-state index contributed by atoms with van der Waals surface area (Å²) in [5.41, 5.74) is 0.680. The van der Waals surface area contributed by atoms with Gasteiger partial charge in [0.2, 0.25) is 5.91 Å². The summed E-state index contributed by atoms with van der Waals surface area (Å²) in [6.07, 6.45) is 0.152. The molecule has 0 aromatic heterocycles. The molecule has 0 N–H and O–H groups in total. The second-order valence-corrected chi connectivity index (χ2v) is 5.29. The van der Waals surface area contributed by atoms with Gasteiger partial charge in [-0.2, -0.15) is 0 Å². The van der Waals surface area contributed by atoms with Gasteiger partial charge in [-0.25, -0.2) is 4.39 Å². The number of esters is 1. The molecule has 1 aliphatic heterocycles. The molecule has 1 fully saturated rings. The highest BCUT2D eigenvalue weighted by molar-refractivity contribution is 9.10. The molecule has 1 aromatic rings. The maximum Gasteiger partial charge on any atom is 0.310 e. The van der Waals surface area contributed by atoms with Crippen LogP contribution < -0.4 is 0 Å². The van der Waals surface area contributed by atoms with Crippen molar-refractivity contribution in [3.63, 3.8) is 0 Å². The van der Waals surface area contributed by atoms with Crippen molar-refractivity contribution in [3.8, 4) is 0 Å². The van der Waals surface area contributed by atoms with Crippen LogP contribution in [0.15, 0.2) is 22.7 Å². The van der Waals surface area contributed by atoms with Gasteiger partial charge in [0.15, 0.2) is 0 Å². The second kappa shape index (κ2) is 5.69. The summed E-state index contributed by atoms with van der Waals surface area (Å²) in [5.74, 6) is -1.28. The van der Waals surface area contributed by atoms with E-state index in [-0.39, 0.29) is 30.7 Å². The first kappa shape index (κ1) is 14.0. The first-order valence-electron chi connectivity index (χ1n) is 5.80. The second-order valence-electron chi connectivity index (χ2n) is 4.43. The molecule has 1 amide bonds. The van der Waals surface area contributed by atoms with Gasteiger partial charge in [0.05, 0.1) is 13.0 Å². The fraction of sp³-hybridized carbons (Fsp3) is 0.385. The topological polar surface area (TPSA) is 46.6 Å². The minimum Gasteiger partial charge on any atom is -0.469 e. The van der Waals surface area contributed by atoms with Gasteiger partial charge >= 0.3 is 5.97 Å². The van der Waals surface area contributed by atoms with Crippen LogP contribution in [0.1, 0.15) is 12.0 Å². The molecule has 1 heterocycles. The van der Waals surface area contributed by atoms with Crippen molar-refractivity contribution in [2.45, 2.75) is 13.0 Å². The van der Waals surface area contributed by atoms with Crippen molar-refractivity contribution in [2.24, 2.45) is 5.92 Å². The number of benzene rings is 1. The zero-order chi connectivity index (χ0) is 14.0. The molecule has 0 aliphatic carbocycles. The summed E-state index contributed by atoms with van der Waals surface area (Å²) in [7, 11) is 1.30. The van der Waals surface area contributed by atoms with E-state index in [1.807, 2.05) is 0 Å². The normalized spacial score (nSPS) is 18.8. The number of hydrogen-bond donors (Lipinski definition) is 0. The van der Waals surface area contributed by atoms with E-state index >= 15 is 0 Å². The number of likely N-dealkylation sites (tertiary alicyclic amines) is 1. The number of halogens is 2. The Morgan fingerprint density at radius 3 is 3.00 bits per heavy atom. The van der Waals surface area contributed by atoms with Crippen LogP contribution >= 0.6 is 15.9 Å². The van der Waals surface area contributed by atoms with E-state index in [1.165, 1.54) is 19.2 Å². The molecule has 0 saturated carbocycles. The molecule has 102 valence electrons. The van der Waals surface area contributed by atoms with Crippen LogP contribution in [0.3, 0.4) is 0 Å². The van der Waals surface area contributed by atoms with Gasteiger partial charge in [-0.15, -0.1) is 0 Å². The number of rotatable bonds is 3. The molecule has 1 atom stereocenters. The van der Waals surface area contributed by atoms with Gasteiger partial charge in [0.1, 0.15) is 5.82 Å². The number of carbonyl (C=O) groups excluding carboxylic acids is 2. The van der Waals surface area contributed by atoms with Gasteiger partial charge in [-0.3, -0.25) is 9.59 Å². The molecular formula is C13H13BrFNO3. The van der Waals surface area contributed by atoms with Crippen LogP contribution in [0.5, 0.6) is 0 Å². The van der Waals surface area contributed by atoms with Crippen molar-refractivity contribution in [1.82, 2.24) is 4.90 Å². The molecular weight excluding hydrogens is 317 g/mol. The Kier molecular flexibility index (Phi) is 4.19. The number of ether oxygens (including phenoxy) is 1. The predicted octanol–water partition coefficient (Wildman–Crippen LogP) is 2.11. The van der Waals surface area contributed by atoms with Crippen molar-refractivity contribution in [1.29, 1.82) is 0 Å². The van der Waals surface area contributed by atoms with E-state index in [0.29, 0.717) is 12.1 Å². The molecule has 0 spiro atoms. The molecule has 1 aliphatic rings. The van der Waals surface area contributed by atoms with E-state index in [9.17, 15) is 14.0 Å². The summed E-state index contributed by atoms with van der Waals surface area (Å²) in [4.78, 5) is 24.8. The number of methoxy groups -OCH3 is 1. The maximum atomic E-state index is 13.2. The Bertz CT molecular complexity index is 521. The van der Waals surface area contributed by atoms with Crippen LogP contribution in [0.25, 0.3) is 0 Å². The van der Waals surface area contributed by atoms with Crippen molar-refractivity contribution in [2.75, 3.05) is 13.7 Å². The van der Waals surface area contributed by atoms with Gasteiger partial charge in [-0.05, 0) is 23.8 Å². The smallest absolute Gasteiger partial charge is 0.310 e. The first-order valence-corrected chi connectivity index (χ1v) is 6.60. The SMILES string of the molecule is COC(=O)C1CC(=O)N(Cc2cc(F)ccc2Br)C1. The van der Waals surface area contributed by atoms with Crippen LogP contribution in [0.4, 0.5) is 4.39 Å². The Morgan fingerprint density at radius 2 is 2.32 bits per heavy atom. The van der Waals surface area contributed by atoms with Crippen molar-refractivity contribution < 1.29 is 18.7 Å². The maximum absolute atomic E-state index is 13.2. The van der Waals surface area contributed by atoms with E-state index in [2.05, 4.69) is 20.7 Å². The largest absolute Gasteiger partial charge is 0.469 e. The van der Waals surface area contributed by atoms with Crippen LogP contribution in [-0.2, 0) is 20.9 Å². The van der Waals surface area contributed by atoms with Crippen LogP contribution in [-0.4, -0.2) is 30.4 Å². The zero-order valence-electron chi connectivity index (χ0n) is 10.4. The zero-order valence-corrected chi connectivity index (χ0v) is 11.9. The van der Waals surface area contributed by atoms with Crippen molar-refractivity contribution in [3.05, 3.63) is 34.1 Å². The summed E-state index contributed by atoms with van der Waals surface area (Å²) in [6, 6.07) is 4.32. The van der Waals surface area contributed by atoms with Gasteiger partial charge in [0.25, 0.3) is 0 Å². The Balaban J connectivity index is 2.09.